The standard InChI is InChI=1S/C15H28N2O/c1-11(2)14-8-3-4-9-17(14)15(18)12-6-5-7-13(16)10-12/h11-14H,3-10,16H2,1-2H3. The van der Waals surface area contributed by atoms with Gasteiger partial charge in [0.1, 0.15) is 0 Å². The number of rotatable bonds is 2. The molecule has 3 nitrogen and oxygen atoms in total. The van der Waals surface area contributed by atoms with Crippen molar-refractivity contribution in [1.29, 1.82) is 0 Å². The Bertz CT molecular complexity index is 290. The minimum absolute atomic E-state index is 0.202. The number of nitrogens with zero attached hydrogens (tertiary/aromatic N) is 1. The molecule has 3 heteroatoms. The van der Waals surface area contributed by atoms with E-state index in [1.165, 1.54) is 19.3 Å². The lowest BCUT2D eigenvalue weighted by Crippen LogP contribution is -2.50. The number of hydrogen-bond donors (Lipinski definition) is 1. The van der Waals surface area contributed by atoms with Gasteiger partial charge in [-0.1, -0.05) is 20.3 Å². The van der Waals surface area contributed by atoms with Gasteiger partial charge in [-0.2, -0.15) is 0 Å². The van der Waals surface area contributed by atoms with Gasteiger partial charge in [0.2, 0.25) is 5.91 Å². The molecule has 3 atom stereocenters. The van der Waals surface area contributed by atoms with E-state index < -0.39 is 0 Å². The van der Waals surface area contributed by atoms with Gasteiger partial charge >= 0.3 is 0 Å². The summed E-state index contributed by atoms with van der Waals surface area (Å²) in [6.07, 6.45) is 7.80. The van der Waals surface area contributed by atoms with Crippen LogP contribution in [-0.2, 0) is 4.79 Å². The molecule has 1 heterocycles. The maximum atomic E-state index is 12.7. The van der Waals surface area contributed by atoms with Crippen LogP contribution in [0.15, 0.2) is 0 Å². The van der Waals surface area contributed by atoms with Gasteiger partial charge in [-0.25, -0.2) is 0 Å². The Morgan fingerprint density at radius 2 is 1.94 bits per heavy atom. The maximum absolute atomic E-state index is 12.7. The Morgan fingerprint density at radius 1 is 1.17 bits per heavy atom. The predicted molar refractivity (Wildman–Crippen MR) is 74.1 cm³/mol. The molecule has 104 valence electrons. The largest absolute Gasteiger partial charge is 0.339 e. The van der Waals surface area contributed by atoms with Crippen molar-refractivity contribution in [2.24, 2.45) is 17.6 Å². The van der Waals surface area contributed by atoms with Crippen LogP contribution in [0, 0.1) is 11.8 Å². The van der Waals surface area contributed by atoms with E-state index in [1.807, 2.05) is 0 Å². The maximum Gasteiger partial charge on any atom is 0.225 e. The third-order valence-corrected chi connectivity index (χ3v) is 4.67. The molecule has 3 unspecified atom stereocenters. The van der Waals surface area contributed by atoms with E-state index in [2.05, 4.69) is 18.7 Å². The number of hydrogen-bond acceptors (Lipinski definition) is 2. The highest BCUT2D eigenvalue weighted by atomic mass is 16.2. The summed E-state index contributed by atoms with van der Waals surface area (Å²) in [7, 11) is 0. The van der Waals surface area contributed by atoms with Gasteiger partial charge in [0.15, 0.2) is 0 Å². The van der Waals surface area contributed by atoms with E-state index in [-0.39, 0.29) is 12.0 Å². The van der Waals surface area contributed by atoms with Crippen LogP contribution in [0.25, 0.3) is 0 Å². The SMILES string of the molecule is CC(C)C1CCCCN1C(=O)C1CCCC(N)C1. The van der Waals surface area contributed by atoms with Crippen molar-refractivity contribution in [3.05, 3.63) is 0 Å². The Morgan fingerprint density at radius 3 is 2.61 bits per heavy atom. The molecule has 1 aliphatic carbocycles. The zero-order valence-electron chi connectivity index (χ0n) is 11.9. The second-order valence-electron chi connectivity index (χ2n) is 6.46. The highest BCUT2D eigenvalue weighted by molar-refractivity contribution is 5.79. The first-order valence-electron chi connectivity index (χ1n) is 7.65. The van der Waals surface area contributed by atoms with Crippen LogP contribution in [0.3, 0.4) is 0 Å². The number of piperidine rings is 1. The van der Waals surface area contributed by atoms with E-state index in [4.69, 9.17) is 5.73 Å². The molecule has 0 radical (unpaired) electrons. The molecule has 2 fully saturated rings. The zero-order valence-corrected chi connectivity index (χ0v) is 11.9. The van der Waals surface area contributed by atoms with Gasteiger partial charge in [-0.05, 0) is 44.4 Å². The number of nitrogens with two attached hydrogens (primary N) is 1. The fourth-order valence-corrected chi connectivity index (χ4v) is 3.61. The van der Waals surface area contributed by atoms with Gasteiger partial charge in [0.05, 0.1) is 0 Å². The van der Waals surface area contributed by atoms with Crippen LogP contribution in [0.4, 0.5) is 0 Å². The molecular weight excluding hydrogens is 224 g/mol. The molecule has 2 N–H and O–H groups in total. The van der Waals surface area contributed by atoms with Crippen molar-refractivity contribution in [3.63, 3.8) is 0 Å². The van der Waals surface area contributed by atoms with E-state index in [1.54, 1.807) is 0 Å². The molecule has 0 aromatic rings. The van der Waals surface area contributed by atoms with Crippen molar-refractivity contribution < 1.29 is 4.79 Å². The first kappa shape index (κ1) is 13.9. The van der Waals surface area contributed by atoms with E-state index in [0.29, 0.717) is 17.9 Å². The fourth-order valence-electron chi connectivity index (χ4n) is 3.61. The molecule has 1 saturated carbocycles. The first-order valence-corrected chi connectivity index (χ1v) is 7.65. The molecule has 0 spiro atoms. The van der Waals surface area contributed by atoms with Crippen molar-refractivity contribution in [2.75, 3.05) is 6.54 Å². The molecule has 1 aliphatic heterocycles. The van der Waals surface area contributed by atoms with Crippen LogP contribution in [-0.4, -0.2) is 29.4 Å². The third kappa shape index (κ3) is 3.05. The summed E-state index contributed by atoms with van der Waals surface area (Å²) in [5.74, 6) is 1.17. The minimum Gasteiger partial charge on any atom is -0.339 e. The molecule has 0 bridgehead atoms. The van der Waals surface area contributed by atoms with E-state index in [9.17, 15) is 4.79 Å². The molecule has 0 aromatic heterocycles. The molecule has 2 rings (SSSR count). The molecule has 18 heavy (non-hydrogen) atoms. The van der Waals surface area contributed by atoms with Crippen LogP contribution in [0.1, 0.15) is 58.8 Å². The molecular formula is C15H28N2O. The number of carbonyl (C=O) groups is 1. The molecule has 1 saturated heterocycles. The minimum atomic E-state index is 0.202. The highest BCUT2D eigenvalue weighted by Crippen LogP contribution is 2.30. The Hall–Kier alpha value is -0.570. The summed E-state index contributed by atoms with van der Waals surface area (Å²) in [5.41, 5.74) is 6.02. The summed E-state index contributed by atoms with van der Waals surface area (Å²) in [4.78, 5) is 14.9. The Labute approximate surface area is 111 Å². The van der Waals surface area contributed by atoms with E-state index in [0.717, 1.165) is 32.2 Å². The van der Waals surface area contributed by atoms with Crippen molar-refractivity contribution in [1.82, 2.24) is 4.90 Å². The van der Waals surface area contributed by atoms with Crippen LogP contribution >= 0.6 is 0 Å². The first-order chi connectivity index (χ1) is 8.59. The van der Waals surface area contributed by atoms with Gasteiger partial charge in [-0.3, -0.25) is 4.79 Å². The summed E-state index contributed by atoms with van der Waals surface area (Å²) >= 11 is 0. The molecule has 0 aromatic carbocycles. The topological polar surface area (TPSA) is 46.3 Å². The normalized spacial score (nSPS) is 33.8. The Kier molecular flexibility index (Phi) is 4.66. The summed E-state index contributed by atoms with van der Waals surface area (Å²) in [5, 5.41) is 0. The number of carbonyl (C=O) groups excluding carboxylic acids is 1. The van der Waals surface area contributed by atoms with Crippen molar-refractivity contribution >= 4 is 5.91 Å². The lowest BCUT2D eigenvalue weighted by molar-refractivity contribution is -0.141. The number of likely N-dealkylation sites (tertiary alicyclic amines) is 1. The van der Waals surface area contributed by atoms with Crippen LogP contribution < -0.4 is 5.73 Å². The quantitative estimate of drug-likeness (QED) is 0.821. The second kappa shape index (κ2) is 6.05. The third-order valence-electron chi connectivity index (χ3n) is 4.67. The van der Waals surface area contributed by atoms with Crippen LogP contribution in [0.5, 0.6) is 0 Å². The monoisotopic (exact) mass is 252 g/mol. The highest BCUT2D eigenvalue weighted by Gasteiger charge is 2.34. The number of amides is 1. The zero-order chi connectivity index (χ0) is 13.1. The van der Waals surface area contributed by atoms with Gasteiger partial charge in [0, 0.05) is 24.5 Å². The fraction of sp³-hybridized carbons (Fsp3) is 0.933. The summed E-state index contributed by atoms with van der Waals surface area (Å²) < 4.78 is 0. The van der Waals surface area contributed by atoms with Gasteiger partial charge in [-0.15, -0.1) is 0 Å². The van der Waals surface area contributed by atoms with Crippen molar-refractivity contribution in [2.45, 2.75) is 70.9 Å². The second-order valence-corrected chi connectivity index (χ2v) is 6.46. The average Bonchev–Trinajstić information content (AvgIpc) is 2.38. The smallest absolute Gasteiger partial charge is 0.225 e. The summed E-state index contributed by atoms with van der Waals surface area (Å²) in [6.45, 7) is 5.44. The Balaban J connectivity index is 2.01. The predicted octanol–water partition coefficient (Wildman–Crippen LogP) is 2.54. The average molecular weight is 252 g/mol. The lowest BCUT2D eigenvalue weighted by atomic mass is 9.83. The van der Waals surface area contributed by atoms with Gasteiger partial charge < -0.3 is 10.6 Å². The summed E-state index contributed by atoms with van der Waals surface area (Å²) in [6, 6.07) is 0.708. The van der Waals surface area contributed by atoms with E-state index >= 15 is 0 Å². The molecule has 1 amide bonds. The van der Waals surface area contributed by atoms with Crippen LogP contribution in [0.2, 0.25) is 0 Å². The lowest BCUT2D eigenvalue weighted by Gasteiger charge is -2.41. The van der Waals surface area contributed by atoms with Gasteiger partial charge in [0.25, 0.3) is 0 Å². The molecule has 2 aliphatic rings. The van der Waals surface area contributed by atoms with Crippen molar-refractivity contribution in [3.8, 4) is 0 Å².